The van der Waals surface area contributed by atoms with Crippen LogP contribution in [0.5, 0.6) is 0 Å². The first-order valence-corrected chi connectivity index (χ1v) is 6.07. The molecule has 1 rings (SSSR count). The van der Waals surface area contributed by atoms with Crippen LogP contribution in [-0.4, -0.2) is 18.5 Å². The summed E-state index contributed by atoms with van der Waals surface area (Å²) in [5, 5.41) is 2.74. The summed E-state index contributed by atoms with van der Waals surface area (Å²) in [5.41, 5.74) is 6.06. The SMILES string of the molecule is CC(N)CCNC(=O)c1ccc(F)cc1I. The highest BCUT2D eigenvalue weighted by Crippen LogP contribution is 2.13. The molecule has 0 spiro atoms. The summed E-state index contributed by atoms with van der Waals surface area (Å²) in [6.07, 6.45) is 0.726. The first-order valence-electron chi connectivity index (χ1n) is 4.99. The van der Waals surface area contributed by atoms with E-state index in [4.69, 9.17) is 5.73 Å². The number of nitrogens with two attached hydrogens (primary N) is 1. The molecule has 5 heteroatoms. The highest BCUT2D eigenvalue weighted by atomic mass is 127. The van der Waals surface area contributed by atoms with Crippen LogP contribution in [0, 0.1) is 9.39 Å². The molecule has 0 saturated heterocycles. The maximum atomic E-state index is 12.8. The molecule has 0 fully saturated rings. The standard InChI is InChI=1S/C11H14FIN2O/c1-7(14)4-5-15-11(16)9-3-2-8(12)6-10(9)13/h2-3,6-7H,4-5,14H2,1H3,(H,15,16). The van der Waals surface area contributed by atoms with Gasteiger partial charge in [0.25, 0.3) is 5.91 Å². The lowest BCUT2D eigenvalue weighted by Crippen LogP contribution is -2.29. The zero-order valence-electron chi connectivity index (χ0n) is 8.97. The Morgan fingerprint density at radius 1 is 1.62 bits per heavy atom. The van der Waals surface area contributed by atoms with E-state index < -0.39 is 0 Å². The molecule has 0 radical (unpaired) electrons. The molecule has 0 aromatic heterocycles. The normalized spacial score (nSPS) is 12.2. The van der Waals surface area contributed by atoms with Crippen molar-refractivity contribution in [1.29, 1.82) is 0 Å². The van der Waals surface area contributed by atoms with Crippen LogP contribution in [0.3, 0.4) is 0 Å². The number of rotatable bonds is 4. The van der Waals surface area contributed by atoms with Gasteiger partial charge in [0.2, 0.25) is 0 Å². The Balaban J connectivity index is 2.59. The Kier molecular flexibility index (Phi) is 5.14. The van der Waals surface area contributed by atoms with Crippen LogP contribution in [-0.2, 0) is 0 Å². The number of carbonyl (C=O) groups excluding carboxylic acids is 1. The molecule has 1 aromatic rings. The molecular weight excluding hydrogens is 322 g/mol. The number of hydrogen-bond donors (Lipinski definition) is 2. The zero-order valence-corrected chi connectivity index (χ0v) is 11.1. The second-order valence-electron chi connectivity index (χ2n) is 3.65. The molecule has 1 amide bonds. The third-order valence-corrected chi connectivity index (χ3v) is 2.95. The fourth-order valence-corrected chi connectivity index (χ4v) is 1.90. The summed E-state index contributed by atoms with van der Waals surface area (Å²) in [7, 11) is 0. The molecule has 1 atom stereocenters. The predicted molar refractivity (Wildman–Crippen MR) is 69.7 cm³/mol. The average Bonchev–Trinajstić information content (AvgIpc) is 2.16. The number of nitrogens with one attached hydrogen (secondary N) is 1. The third-order valence-electron chi connectivity index (χ3n) is 2.06. The van der Waals surface area contributed by atoms with E-state index >= 15 is 0 Å². The van der Waals surface area contributed by atoms with Gasteiger partial charge in [-0.05, 0) is 54.1 Å². The maximum Gasteiger partial charge on any atom is 0.252 e. The summed E-state index contributed by atoms with van der Waals surface area (Å²) >= 11 is 1.94. The molecule has 1 aromatic carbocycles. The summed E-state index contributed by atoms with van der Waals surface area (Å²) in [5.74, 6) is -0.526. The van der Waals surface area contributed by atoms with Crippen molar-refractivity contribution in [3.8, 4) is 0 Å². The van der Waals surface area contributed by atoms with E-state index in [1.165, 1.54) is 18.2 Å². The summed E-state index contributed by atoms with van der Waals surface area (Å²) < 4.78 is 13.4. The first-order chi connectivity index (χ1) is 7.50. The van der Waals surface area contributed by atoms with Gasteiger partial charge in [0.1, 0.15) is 5.82 Å². The number of halogens is 2. The van der Waals surface area contributed by atoms with Gasteiger partial charge in [-0.1, -0.05) is 0 Å². The van der Waals surface area contributed by atoms with Gasteiger partial charge in [-0.15, -0.1) is 0 Å². The molecule has 0 aliphatic rings. The van der Waals surface area contributed by atoms with Gasteiger partial charge in [-0.3, -0.25) is 4.79 Å². The van der Waals surface area contributed by atoms with Crippen LogP contribution in [0.1, 0.15) is 23.7 Å². The molecule has 88 valence electrons. The largest absolute Gasteiger partial charge is 0.352 e. The number of amides is 1. The van der Waals surface area contributed by atoms with Crippen LogP contribution in [0.2, 0.25) is 0 Å². The second-order valence-corrected chi connectivity index (χ2v) is 4.81. The van der Waals surface area contributed by atoms with E-state index in [2.05, 4.69) is 5.32 Å². The van der Waals surface area contributed by atoms with Crippen molar-refractivity contribution < 1.29 is 9.18 Å². The van der Waals surface area contributed by atoms with E-state index in [9.17, 15) is 9.18 Å². The Hall–Kier alpha value is -0.690. The predicted octanol–water partition coefficient (Wildman–Crippen LogP) is 1.90. The van der Waals surface area contributed by atoms with Crippen molar-refractivity contribution in [2.24, 2.45) is 5.73 Å². The molecule has 0 aliphatic carbocycles. The lowest BCUT2D eigenvalue weighted by Gasteiger charge is -2.08. The van der Waals surface area contributed by atoms with E-state index in [0.717, 1.165) is 6.42 Å². The molecule has 0 bridgehead atoms. The summed E-state index contributed by atoms with van der Waals surface area (Å²) in [4.78, 5) is 11.7. The van der Waals surface area contributed by atoms with Gasteiger partial charge in [0.05, 0.1) is 5.56 Å². The molecule has 3 nitrogen and oxygen atoms in total. The number of benzene rings is 1. The van der Waals surface area contributed by atoms with Crippen LogP contribution in [0.4, 0.5) is 4.39 Å². The van der Waals surface area contributed by atoms with Crippen LogP contribution in [0.25, 0.3) is 0 Å². The summed E-state index contributed by atoms with van der Waals surface area (Å²) in [6.45, 7) is 2.41. The molecule has 1 unspecified atom stereocenters. The Morgan fingerprint density at radius 2 is 2.31 bits per heavy atom. The smallest absolute Gasteiger partial charge is 0.252 e. The lowest BCUT2D eigenvalue weighted by atomic mass is 10.2. The van der Waals surface area contributed by atoms with Gasteiger partial charge >= 0.3 is 0 Å². The lowest BCUT2D eigenvalue weighted by molar-refractivity contribution is 0.0952. The minimum absolute atomic E-state index is 0.0626. The van der Waals surface area contributed by atoms with Crippen molar-refractivity contribution in [3.05, 3.63) is 33.1 Å². The molecule has 3 N–H and O–H groups in total. The fourth-order valence-electron chi connectivity index (χ4n) is 1.18. The Bertz CT molecular complexity index is 382. The van der Waals surface area contributed by atoms with Crippen LogP contribution in [0.15, 0.2) is 18.2 Å². The topological polar surface area (TPSA) is 55.1 Å². The Morgan fingerprint density at radius 3 is 2.88 bits per heavy atom. The fraction of sp³-hybridized carbons (Fsp3) is 0.364. The van der Waals surface area contributed by atoms with Gasteiger partial charge < -0.3 is 11.1 Å². The van der Waals surface area contributed by atoms with E-state index in [1.54, 1.807) is 0 Å². The monoisotopic (exact) mass is 336 g/mol. The van der Waals surface area contributed by atoms with Crippen molar-refractivity contribution in [2.45, 2.75) is 19.4 Å². The highest BCUT2D eigenvalue weighted by molar-refractivity contribution is 14.1. The van der Waals surface area contributed by atoms with Crippen LogP contribution >= 0.6 is 22.6 Å². The minimum Gasteiger partial charge on any atom is -0.352 e. The van der Waals surface area contributed by atoms with E-state index in [1.807, 2.05) is 29.5 Å². The van der Waals surface area contributed by atoms with Crippen molar-refractivity contribution in [1.82, 2.24) is 5.32 Å². The Labute approximate surface area is 108 Å². The number of carbonyl (C=O) groups is 1. The quantitative estimate of drug-likeness (QED) is 0.826. The third kappa shape index (κ3) is 4.05. The zero-order chi connectivity index (χ0) is 12.1. The van der Waals surface area contributed by atoms with Gasteiger partial charge in [-0.2, -0.15) is 0 Å². The van der Waals surface area contributed by atoms with Crippen molar-refractivity contribution in [3.63, 3.8) is 0 Å². The highest BCUT2D eigenvalue weighted by Gasteiger charge is 2.09. The molecule has 0 saturated carbocycles. The summed E-state index contributed by atoms with van der Waals surface area (Å²) in [6, 6.07) is 4.16. The van der Waals surface area contributed by atoms with Crippen LogP contribution < -0.4 is 11.1 Å². The van der Waals surface area contributed by atoms with Gasteiger partial charge in [0.15, 0.2) is 0 Å². The van der Waals surface area contributed by atoms with Gasteiger partial charge in [0, 0.05) is 16.2 Å². The molecule has 16 heavy (non-hydrogen) atoms. The van der Waals surface area contributed by atoms with Crippen molar-refractivity contribution >= 4 is 28.5 Å². The molecular formula is C11H14FIN2O. The number of hydrogen-bond acceptors (Lipinski definition) is 2. The second kappa shape index (κ2) is 6.15. The van der Waals surface area contributed by atoms with E-state index in [-0.39, 0.29) is 17.8 Å². The van der Waals surface area contributed by atoms with E-state index in [0.29, 0.717) is 15.7 Å². The molecule has 0 heterocycles. The maximum absolute atomic E-state index is 12.8. The van der Waals surface area contributed by atoms with Crippen molar-refractivity contribution in [2.75, 3.05) is 6.54 Å². The average molecular weight is 336 g/mol. The first kappa shape index (κ1) is 13.4. The molecule has 0 aliphatic heterocycles. The minimum atomic E-state index is -0.337. The van der Waals surface area contributed by atoms with Gasteiger partial charge in [-0.25, -0.2) is 4.39 Å².